The molecule has 4 rings (SSSR count). The number of thioether (sulfide) groups is 1. The minimum atomic E-state index is 0.0127. The number of aromatic nitrogens is 4. The van der Waals surface area contributed by atoms with Crippen molar-refractivity contribution >= 4 is 17.5 Å². The first-order valence-electron chi connectivity index (χ1n) is 7.48. The number of nitrogens with zero attached hydrogens (tertiary/aromatic N) is 3. The molecule has 0 saturated carbocycles. The van der Waals surface area contributed by atoms with Crippen molar-refractivity contribution < 1.29 is 0 Å². The lowest BCUT2D eigenvalue weighted by molar-refractivity contribution is 0.649. The SMILES string of the molecule is O=c1c2c(nc3nc(SCc4ccccc4)[nH]n13)CCCC2. The second-order valence-electron chi connectivity index (χ2n) is 5.49. The van der Waals surface area contributed by atoms with Crippen LogP contribution in [-0.2, 0) is 18.6 Å². The molecule has 112 valence electrons. The molecule has 22 heavy (non-hydrogen) atoms. The average Bonchev–Trinajstić information content (AvgIpc) is 2.97. The van der Waals surface area contributed by atoms with Crippen molar-refractivity contribution in [2.75, 3.05) is 0 Å². The van der Waals surface area contributed by atoms with Gasteiger partial charge in [-0.1, -0.05) is 42.1 Å². The molecule has 0 radical (unpaired) electrons. The highest BCUT2D eigenvalue weighted by atomic mass is 32.2. The van der Waals surface area contributed by atoms with Crippen LogP contribution >= 0.6 is 11.8 Å². The van der Waals surface area contributed by atoms with Gasteiger partial charge in [-0.3, -0.25) is 9.89 Å². The van der Waals surface area contributed by atoms with Crippen LogP contribution in [0.15, 0.2) is 40.3 Å². The fraction of sp³-hybridized carbons (Fsp3) is 0.312. The van der Waals surface area contributed by atoms with Gasteiger partial charge in [-0.2, -0.15) is 9.50 Å². The van der Waals surface area contributed by atoms with E-state index in [9.17, 15) is 4.79 Å². The van der Waals surface area contributed by atoms with Crippen molar-refractivity contribution in [3.8, 4) is 0 Å². The van der Waals surface area contributed by atoms with E-state index >= 15 is 0 Å². The molecular formula is C16H16N4OS. The Labute approximate surface area is 131 Å². The van der Waals surface area contributed by atoms with Gasteiger partial charge in [0, 0.05) is 11.3 Å². The number of benzene rings is 1. The summed E-state index contributed by atoms with van der Waals surface area (Å²) in [4.78, 5) is 21.5. The smallest absolute Gasteiger partial charge is 0.267 e. The topological polar surface area (TPSA) is 63.0 Å². The lowest BCUT2D eigenvalue weighted by Crippen LogP contribution is -2.25. The summed E-state index contributed by atoms with van der Waals surface area (Å²) in [5, 5.41) is 3.81. The zero-order chi connectivity index (χ0) is 14.9. The Morgan fingerprint density at radius 2 is 1.95 bits per heavy atom. The molecule has 2 heterocycles. The summed E-state index contributed by atoms with van der Waals surface area (Å²) in [5.41, 5.74) is 3.03. The summed E-state index contributed by atoms with van der Waals surface area (Å²) in [6, 6.07) is 10.2. The fourth-order valence-corrected chi connectivity index (χ4v) is 3.62. The molecule has 5 nitrogen and oxygen atoms in total. The molecule has 2 aromatic heterocycles. The Kier molecular flexibility index (Phi) is 3.46. The Hall–Kier alpha value is -2.08. The molecule has 1 N–H and O–H groups in total. The molecule has 3 aromatic rings. The van der Waals surface area contributed by atoms with E-state index in [1.54, 1.807) is 11.8 Å². The largest absolute Gasteiger partial charge is 0.277 e. The van der Waals surface area contributed by atoms with E-state index in [4.69, 9.17) is 0 Å². The summed E-state index contributed by atoms with van der Waals surface area (Å²) in [6.07, 6.45) is 3.89. The van der Waals surface area contributed by atoms with Crippen molar-refractivity contribution in [3.05, 3.63) is 57.5 Å². The molecule has 1 aliphatic rings. The van der Waals surface area contributed by atoms with Gasteiger partial charge >= 0.3 is 0 Å². The molecule has 0 spiro atoms. The Balaban J connectivity index is 1.66. The zero-order valence-electron chi connectivity index (χ0n) is 12.1. The standard InChI is InChI=1S/C16H16N4OS/c21-14-12-8-4-5-9-13(12)17-15-18-16(19-20(14)15)22-10-11-6-2-1-3-7-11/h1-3,6-7H,4-5,8-10H2,(H,17,18,19). The summed E-state index contributed by atoms with van der Waals surface area (Å²) < 4.78 is 1.48. The van der Waals surface area contributed by atoms with Gasteiger partial charge in [0.15, 0.2) is 5.16 Å². The first-order chi connectivity index (χ1) is 10.8. The van der Waals surface area contributed by atoms with Crippen molar-refractivity contribution in [1.29, 1.82) is 0 Å². The first kappa shape index (κ1) is 13.6. The normalized spacial score (nSPS) is 14.2. The van der Waals surface area contributed by atoms with Crippen LogP contribution < -0.4 is 5.56 Å². The zero-order valence-corrected chi connectivity index (χ0v) is 12.9. The van der Waals surface area contributed by atoms with Gasteiger partial charge in [-0.05, 0) is 31.2 Å². The van der Waals surface area contributed by atoms with Gasteiger partial charge in [-0.25, -0.2) is 4.98 Å². The fourth-order valence-electron chi connectivity index (χ4n) is 2.82. The molecule has 0 unspecified atom stereocenters. The van der Waals surface area contributed by atoms with Crippen LogP contribution in [-0.4, -0.2) is 19.6 Å². The number of nitrogens with one attached hydrogen (secondary N) is 1. The molecule has 0 saturated heterocycles. The quantitative estimate of drug-likeness (QED) is 0.755. The van der Waals surface area contributed by atoms with Crippen molar-refractivity contribution in [2.45, 2.75) is 36.6 Å². The molecule has 0 fully saturated rings. The monoisotopic (exact) mass is 312 g/mol. The van der Waals surface area contributed by atoms with Gasteiger partial charge in [0.25, 0.3) is 11.3 Å². The van der Waals surface area contributed by atoms with Gasteiger partial charge in [0.2, 0.25) is 0 Å². The van der Waals surface area contributed by atoms with Crippen LogP contribution in [0, 0.1) is 0 Å². The van der Waals surface area contributed by atoms with Crippen molar-refractivity contribution in [1.82, 2.24) is 19.6 Å². The third-order valence-corrected chi connectivity index (χ3v) is 4.90. The van der Waals surface area contributed by atoms with Gasteiger partial charge in [0.1, 0.15) is 0 Å². The van der Waals surface area contributed by atoms with Crippen LogP contribution in [0.25, 0.3) is 5.78 Å². The van der Waals surface area contributed by atoms with E-state index in [0.29, 0.717) is 5.78 Å². The summed E-state index contributed by atoms with van der Waals surface area (Å²) in [5.74, 6) is 1.30. The second-order valence-corrected chi connectivity index (χ2v) is 6.45. The maximum atomic E-state index is 12.5. The van der Waals surface area contributed by atoms with E-state index < -0.39 is 0 Å². The van der Waals surface area contributed by atoms with E-state index in [2.05, 4.69) is 27.2 Å². The summed E-state index contributed by atoms with van der Waals surface area (Å²) in [6.45, 7) is 0. The number of fused-ring (bicyclic) bond motifs is 2. The predicted molar refractivity (Wildman–Crippen MR) is 86.3 cm³/mol. The van der Waals surface area contributed by atoms with E-state index in [0.717, 1.165) is 47.8 Å². The average molecular weight is 312 g/mol. The van der Waals surface area contributed by atoms with Crippen LogP contribution in [0.3, 0.4) is 0 Å². The van der Waals surface area contributed by atoms with Gasteiger partial charge in [-0.15, -0.1) is 0 Å². The number of hydrogen-bond donors (Lipinski definition) is 1. The molecule has 0 atom stereocenters. The third-order valence-electron chi connectivity index (χ3n) is 3.96. The number of H-pyrrole nitrogens is 1. The number of aryl methyl sites for hydroxylation is 1. The molecule has 0 amide bonds. The second kappa shape index (κ2) is 5.61. The maximum absolute atomic E-state index is 12.5. The molecule has 1 aliphatic carbocycles. The van der Waals surface area contributed by atoms with Crippen molar-refractivity contribution in [3.63, 3.8) is 0 Å². The van der Waals surface area contributed by atoms with Gasteiger partial charge < -0.3 is 0 Å². The Bertz CT molecular complexity index is 869. The minimum Gasteiger partial charge on any atom is -0.267 e. The highest BCUT2D eigenvalue weighted by molar-refractivity contribution is 7.98. The van der Waals surface area contributed by atoms with Crippen LogP contribution in [0.2, 0.25) is 0 Å². The summed E-state index contributed by atoms with van der Waals surface area (Å²) in [7, 11) is 0. The molecule has 6 heteroatoms. The van der Waals surface area contributed by atoms with Gasteiger partial charge in [0.05, 0.1) is 5.69 Å². The first-order valence-corrected chi connectivity index (χ1v) is 8.47. The number of aromatic amines is 1. The van der Waals surface area contributed by atoms with E-state index in [1.807, 2.05) is 18.2 Å². The highest BCUT2D eigenvalue weighted by Gasteiger charge is 2.18. The predicted octanol–water partition coefficient (Wildman–Crippen LogP) is 2.59. The lowest BCUT2D eigenvalue weighted by atomic mass is 9.97. The maximum Gasteiger partial charge on any atom is 0.277 e. The summed E-state index contributed by atoms with van der Waals surface area (Å²) >= 11 is 1.58. The Morgan fingerprint density at radius 3 is 2.82 bits per heavy atom. The number of hydrogen-bond acceptors (Lipinski definition) is 4. The van der Waals surface area contributed by atoms with Crippen LogP contribution in [0.4, 0.5) is 0 Å². The molecule has 0 aliphatic heterocycles. The highest BCUT2D eigenvalue weighted by Crippen LogP contribution is 2.21. The molecule has 1 aromatic carbocycles. The van der Waals surface area contributed by atoms with Crippen LogP contribution in [0.1, 0.15) is 29.7 Å². The van der Waals surface area contributed by atoms with Crippen molar-refractivity contribution in [2.24, 2.45) is 0 Å². The third kappa shape index (κ3) is 2.43. The lowest BCUT2D eigenvalue weighted by Gasteiger charge is -2.12. The minimum absolute atomic E-state index is 0.0127. The van der Waals surface area contributed by atoms with E-state index in [1.165, 1.54) is 10.1 Å². The molecular weight excluding hydrogens is 296 g/mol. The number of rotatable bonds is 3. The molecule has 0 bridgehead atoms. The Morgan fingerprint density at radius 1 is 1.14 bits per heavy atom. The van der Waals surface area contributed by atoms with E-state index in [-0.39, 0.29) is 5.56 Å². The van der Waals surface area contributed by atoms with Crippen LogP contribution in [0.5, 0.6) is 0 Å².